The molecular formula is C21H11F3N4O3S2. The van der Waals surface area contributed by atoms with Crippen molar-refractivity contribution in [2.24, 2.45) is 0 Å². The number of nitrogens with zero attached hydrogens (tertiary/aromatic N) is 3. The molecule has 166 valence electrons. The topological polar surface area (TPSA) is 105 Å². The zero-order valence-corrected chi connectivity index (χ0v) is 17.9. The fourth-order valence-corrected chi connectivity index (χ4v) is 4.56. The van der Waals surface area contributed by atoms with E-state index in [9.17, 15) is 26.9 Å². The van der Waals surface area contributed by atoms with E-state index in [-0.39, 0.29) is 38.2 Å². The fraction of sp³-hybridized carbons (Fsp3) is 0. The Morgan fingerprint density at radius 1 is 0.939 bits per heavy atom. The molecule has 0 aliphatic carbocycles. The molecule has 4 aromatic rings. The molecule has 33 heavy (non-hydrogen) atoms. The molecule has 0 saturated carbocycles. The molecule has 0 bridgehead atoms. The van der Waals surface area contributed by atoms with Crippen molar-refractivity contribution in [2.45, 2.75) is 4.90 Å². The highest BCUT2D eigenvalue weighted by molar-refractivity contribution is 7.93. The van der Waals surface area contributed by atoms with Crippen LogP contribution >= 0.6 is 11.5 Å². The number of sulfonamides is 1. The zero-order valence-electron chi connectivity index (χ0n) is 16.3. The van der Waals surface area contributed by atoms with Crippen LogP contribution in [0.4, 0.5) is 18.3 Å². The summed E-state index contributed by atoms with van der Waals surface area (Å²) in [7, 11) is -4.06. The second kappa shape index (κ2) is 8.89. The van der Waals surface area contributed by atoms with Crippen LogP contribution in [-0.2, 0) is 10.0 Å². The van der Waals surface area contributed by atoms with E-state index in [1.165, 1.54) is 24.5 Å². The van der Waals surface area contributed by atoms with E-state index in [1.807, 2.05) is 6.07 Å². The van der Waals surface area contributed by atoms with Gasteiger partial charge in [0.25, 0.3) is 10.0 Å². The van der Waals surface area contributed by atoms with E-state index in [0.29, 0.717) is 0 Å². The highest BCUT2D eigenvalue weighted by Crippen LogP contribution is 2.37. The van der Waals surface area contributed by atoms with Crippen LogP contribution in [0.1, 0.15) is 5.56 Å². The van der Waals surface area contributed by atoms with Crippen molar-refractivity contribution in [3.8, 4) is 28.7 Å². The Morgan fingerprint density at radius 3 is 2.33 bits per heavy atom. The van der Waals surface area contributed by atoms with Gasteiger partial charge in [0.2, 0.25) is 5.13 Å². The Labute approximate surface area is 190 Å². The summed E-state index contributed by atoms with van der Waals surface area (Å²) in [5.74, 6) is -2.41. The highest BCUT2D eigenvalue weighted by atomic mass is 32.2. The van der Waals surface area contributed by atoms with E-state index in [1.54, 1.807) is 0 Å². The molecule has 0 atom stereocenters. The van der Waals surface area contributed by atoms with Gasteiger partial charge in [-0.3, -0.25) is 4.72 Å². The Bertz CT molecular complexity index is 1490. The van der Waals surface area contributed by atoms with Crippen LogP contribution in [0.2, 0.25) is 0 Å². The molecule has 0 spiro atoms. The van der Waals surface area contributed by atoms with Gasteiger partial charge in [0.15, 0.2) is 0 Å². The van der Waals surface area contributed by atoms with Crippen LogP contribution in [0, 0.1) is 28.8 Å². The van der Waals surface area contributed by atoms with Crippen LogP contribution in [-0.4, -0.2) is 17.8 Å². The molecule has 1 N–H and O–H groups in total. The molecule has 0 saturated heterocycles. The van der Waals surface area contributed by atoms with Gasteiger partial charge in [-0.2, -0.15) is 9.64 Å². The van der Waals surface area contributed by atoms with Crippen molar-refractivity contribution in [3.63, 3.8) is 0 Å². The van der Waals surface area contributed by atoms with E-state index in [0.717, 1.165) is 47.9 Å². The summed E-state index contributed by atoms with van der Waals surface area (Å²) in [4.78, 5) is 3.50. The molecule has 0 aliphatic rings. The number of nitrogens with one attached hydrogen (secondary N) is 1. The van der Waals surface area contributed by atoms with Gasteiger partial charge in [0, 0.05) is 22.7 Å². The predicted octanol–water partition coefficient (Wildman–Crippen LogP) is 5.09. The summed E-state index contributed by atoms with van der Waals surface area (Å²) >= 11 is 0.833. The molecule has 4 rings (SSSR count). The van der Waals surface area contributed by atoms with Crippen LogP contribution < -0.4 is 9.46 Å². The Morgan fingerprint density at radius 2 is 1.64 bits per heavy atom. The first-order chi connectivity index (χ1) is 15.8. The second-order valence-corrected chi connectivity index (χ2v) is 8.95. The highest BCUT2D eigenvalue weighted by Gasteiger charge is 2.20. The first kappa shape index (κ1) is 22.3. The lowest BCUT2D eigenvalue weighted by Crippen LogP contribution is -2.13. The zero-order chi connectivity index (χ0) is 23.6. The number of halogens is 3. The standard InChI is InChI=1S/C21H11F3N4O3S2/c22-13-1-4-18(24)16(8-13)17-9-14(23)2-5-20(17)31-19-6-3-15(7-12(19)10-25)33(29,30)28-21-26-11-27-32-21/h1-9,11H,(H,26,27,28). The molecular weight excluding hydrogens is 477 g/mol. The smallest absolute Gasteiger partial charge is 0.263 e. The van der Waals surface area contributed by atoms with Crippen molar-refractivity contribution in [2.75, 3.05) is 4.72 Å². The lowest BCUT2D eigenvalue weighted by Gasteiger charge is -2.14. The van der Waals surface area contributed by atoms with Crippen LogP contribution in [0.15, 0.2) is 65.8 Å². The molecule has 0 fully saturated rings. The third-order valence-electron chi connectivity index (χ3n) is 4.34. The van der Waals surface area contributed by atoms with E-state index in [2.05, 4.69) is 14.1 Å². The van der Waals surface area contributed by atoms with Crippen LogP contribution in [0.25, 0.3) is 11.1 Å². The first-order valence-electron chi connectivity index (χ1n) is 9.03. The predicted molar refractivity (Wildman–Crippen MR) is 114 cm³/mol. The number of rotatable bonds is 6. The Balaban J connectivity index is 1.72. The normalized spacial score (nSPS) is 11.1. The van der Waals surface area contributed by atoms with E-state index < -0.39 is 27.5 Å². The summed E-state index contributed by atoms with van der Waals surface area (Å²) in [5.41, 5.74) is -0.501. The number of nitriles is 1. The number of aromatic nitrogens is 2. The molecule has 0 aliphatic heterocycles. The third kappa shape index (κ3) is 4.79. The van der Waals surface area contributed by atoms with Crippen LogP contribution in [0.5, 0.6) is 11.5 Å². The van der Waals surface area contributed by atoms with Crippen molar-refractivity contribution < 1.29 is 26.3 Å². The summed E-state index contributed by atoms with van der Waals surface area (Å²) in [6, 6.07) is 11.2. The lowest BCUT2D eigenvalue weighted by molar-refractivity contribution is 0.479. The Kier molecular flexibility index (Phi) is 5.99. The molecule has 1 aromatic heterocycles. The molecule has 7 nitrogen and oxygen atoms in total. The number of hydrogen-bond acceptors (Lipinski definition) is 7. The summed E-state index contributed by atoms with van der Waals surface area (Å²) < 4.78 is 78.6. The maximum atomic E-state index is 14.3. The number of benzene rings is 3. The molecule has 3 aromatic carbocycles. The number of ether oxygens (including phenoxy) is 1. The van der Waals surface area contributed by atoms with E-state index >= 15 is 0 Å². The molecule has 0 amide bonds. The monoisotopic (exact) mass is 488 g/mol. The molecule has 12 heteroatoms. The Hall–Kier alpha value is -3.95. The SMILES string of the molecule is N#Cc1cc(S(=O)(=O)Nc2ncns2)ccc1Oc1ccc(F)cc1-c1cc(F)ccc1F. The maximum Gasteiger partial charge on any atom is 0.263 e. The minimum Gasteiger partial charge on any atom is -0.455 e. The van der Waals surface area contributed by atoms with Gasteiger partial charge in [-0.15, -0.1) is 0 Å². The summed E-state index contributed by atoms with van der Waals surface area (Å²) in [6.45, 7) is 0. The molecule has 0 radical (unpaired) electrons. The van der Waals surface area contributed by atoms with Gasteiger partial charge in [-0.05, 0) is 54.6 Å². The van der Waals surface area contributed by atoms with Gasteiger partial charge in [0.05, 0.1) is 10.5 Å². The lowest BCUT2D eigenvalue weighted by atomic mass is 10.0. The average molecular weight is 488 g/mol. The van der Waals surface area contributed by atoms with Crippen LogP contribution in [0.3, 0.4) is 0 Å². The number of anilines is 1. The first-order valence-corrected chi connectivity index (χ1v) is 11.3. The summed E-state index contributed by atoms with van der Waals surface area (Å²) in [5, 5.41) is 9.56. The van der Waals surface area contributed by atoms with Gasteiger partial charge in [0.1, 0.15) is 41.3 Å². The largest absolute Gasteiger partial charge is 0.455 e. The van der Waals surface area contributed by atoms with Crippen molar-refractivity contribution in [1.82, 2.24) is 9.36 Å². The maximum absolute atomic E-state index is 14.3. The van der Waals surface area contributed by atoms with Gasteiger partial charge >= 0.3 is 0 Å². The third-order valence-corrected chi connectivity index (χ3v) is 6.39. The van der Waals surface area contributed by atoms with Gasteiger partial charge in [-0.25, -0.2) is 26.6 Å². The quantitative estimate of drug-likeness (QED) is 0.406. The van der Waals surface area contributed by atoms with Crippen molar-refractivity contribution in [3.05, 3.63) is 83.9 Å². The molecule has 1 heterocycles. The molecule has 0 unspecified atom stereocenters. The number of hydrogen-bond donors (Lipinski definition) is 1. The minimum atomic E-state index is -4.06. The summed E-state index contributed by atoms with van der Waals surface area (Å²) in [6.07, 6.45) is 1.18. The van der Waals surface area contributed by atoms with Crippen molar-refractivity contribution in [1.29, 1.82) is 5.26 Å². The van der Waals surface area contributed by atoms with E-state index in [4.69, 9.17) is 4.74 Å². The van der Waals surface area contributed by atoms with Crippen molar-refractivity contribution >= 4 is 26.7 Å². The minimum absolute atomic E-state index is 0.0434. The average Bonchev–Trinajstić information content (AvgIpc) is 3.29. The van der Waals surface area contributed by atoms with Gasteiger partial charge < -0.3 is 4.74 Å². The van der Waals surface area contributed by atoms with Gasteiger partial charge in [-0.1, -0.05) is 0 Å². The second-order valence-electron chi connectivity index (χ2n) is 6.49. The fourth-order valence-electron chi connectivity index (χ4n) is 2.87.